The van der Waals surface area contributed by atoms with Gasteiger partial charge in [-0.05, 0) is 11.8 Å². The van der Waals surface area contributed by atoms with E-state index in [1.54, 1.807) is 0 Å². The van der Waals surface area contributed by atoms with Gasteiger partial charge in [0.25, 0.3) is 0 Å². The van der Waals surface area contributed by atoms with Crippen molar-refractivity contribution >= 4 is 5.97 Å². The molecule has 0 bridgehead atoms. The quantitative estimate of drug-likeness (QED) is 0.670. The summed E-state index contributed by atoms with van der Waals surface area (Å²) in [6, 6.07) is 0. The number of alkyl halides is 3. The molecule has 84 valence electrons. The molecule has 0 amide bonds. The van der Waals surface area contributed by atoms with Crippen LogP contribution in [0.3, 0.4) is 0 Å². The SMILES string of the molecule is CCC(C)(C)COC(=O)CC(F)(F)F. The van der Waals surface area contributed by atoms with Crippen LogP contribution < -0.4 is 0 Å². The number of hydrogen-bond donors (Lipinski definition) is 0. The Morgan fingerprint density at radius 2 is 1.79 bits per heavy atom. The molecule has 5 heteroatoms. The third kappa shape index (κ3) is 6.74. The molecular formula is C9H15F3O2. The lowest BCUT2D eigenvalue weighted by molar-refractivity contribution is -0.173. The lowest BCUT2D eigenvalue weighted by Gasteiger charge is -2.21. The summed E-state index contributed by atoms with van der Waals surface area (Å²) in [5, 5.41) is 0. The molecule has 0 saturated heterocycles. The largest absolute Gasteiger partial charge is 0.465 e. The van der Waals surface area contributed by atoms with E-state index in [0.717, 1.165) is 6.42 Å². The summed E-state index contributed by atoms with van der Waals surface area (Å²) >= 11 is 0. The summed E-state index contributed by atoms with van der Waals surface area (Å²) in [6.07, 6.45) is -5.24. The number of carbonyl (C=O) groups is 1. The Hall–Kier alpha value is -0.740. The number of hydrogen-bond acceptors (Lipinski definition) is 2. The average molecular weight is 212 g/mol. The molecule has 0 aliphatic rings. The van der Waals surface area contributed by atoms with Crippen molar-refractivity contribution in [2.75, 3.05) is 6.61 Å². The van der Waals surface area contributed by atoms with Crippen LogP contribution in [0.15, 0.2) is 0 Å². The highest BCUT2D eigenvalue weighted by Crippen LogP contribution is 2.23. The van der Waals surface area contributed by atoms with Crippen LogP contribution in [0.4, 0.5) is 13.2 Å². The number of halogens is 3. The highest BCUT2D eigenvalue weighted by atomic mass is 19.4. The smallest absolute Gasteiger partial charge is 0.399 e. The molecule has 0 aliphatic heterocycles. The Morgan fingerprint density at radius 1 is 1.29 bits per heavy atom. The first kappa shape index (κ1) is 13.3. The Kier molecular flexibility index (Phi) is 4.42. The maximum Gasteiger partial charge on any atom is 0.399 e. The van der Waals surface area contributed by atoms with E-state index in [9.17, 15) is 18.0 Å². The first-order valence-corrected chi connectivity index (χ1v) is 4.39. The Bertz CT molecular complexity index is 197. The van der Waals surface area contributed by atoms with Crippen LogP contribution in [0.5, 0.6) is 0 Å². The highest BCUT2D eigenvalue weighted by molar-refractivity contribution is 5.70. The fourth-order valence-corrected chi connectivity index (χ4v) is 0.593. The van der Waals surface area contributed by atoms with Crippen LogP contribution in [0.2, 0.25) is 0 Å². The summed E-state index contributed by atoms with van der Waals surface area (Å²) in [4.78, 5) is 10.7. The third-order valence-electron chi connectivity index (χ3n) is 1.93. The molecule has 0 unspecified atom stereocenters. The van der Waals surface area contributed by atoms with Gasteiger partial charge in [-0.1, -0.05) is 20.8 Å². The van der Waals surface area contributed by atoms with Gasteiger partial charge in [0.1, 0.15) is 6.42 Å². The standard InChI is InChI=1S/C9H15F3O2/c1-4-8(2,3)6-14-7(13)5-9(10,11)12/h4-6H2,1-3H3. The van der Waals surface area contributed by atoms with Gasteiger partial charge in [-0.15, -0.1) is 0 Å². The van der Waals surface area contributed by atoms with Crippen molar-refractivity contribution in [1.29, 1.82) is 0 Å². The van der Waals surface area contributed by atoms with Crippen molar-refractivity contribution in [1.82, 2.24) is 0 Å². The van der Waals surface area contributed by atoms with E-state index in [-0.39, 0.29) is 12.0 Å². The zero-order valence-electron chi connectivity index (χ0n) is 8.57. The fourth-order valence-electron chi connectivity index (χ4n) is 0.593. The summed E-state index contributed by atoms with van der Waals surface area (Å²) < 4.78 is 39.6. The molecule has 0 radical (unpaired) electrons. The van der Waals surface area contributed by atoms with Gasteiger partial charge in [-0.25, -0.2) is 0 Å². The van der Waals surface area contributed by atoms with Gasteiger partial charge in [-0.3, -0.25) is 4.79 Å². The first-order chi connectivity index (χ1) is 6.16. The normalized spacial score (nSPS) is 12.7. The number of ether oxygens (including phenoxy) is 1. The van der Waals surface area contributed by atoms with E-state index in [1.807, 2.05) is 20.8 Å². The van der Waals surface area contributed by atoms with Crippen LogP contribution in [0.1, 0.15) is 33.6 Å². The molecule has 0 aromatic rings. The van der Waals surface area contributed by atoms with E-state index < -0.39 is 18.6 Å². The summed E-state index contributed by atoms with van der Waals surface area (Å²) in [5.41, 5.74) is -0.263. The lowest BCUT2D eigenvalue weighted by Crippen LogP contribution is -2.24. The molecule has 0 aromatic heterocycles. The van der Waals surface area contributed by atoms with Crippen molar-refractivity contribution in [3.8, 4) is 0 Å². The Balaban J connectivity index is 3.87. The number of rotatable bonds is 4. The second-order valence-corrected chi connectivity index (χ2v) is 3.97. The molecule has 0 saturated carbocycles. The summed E-state index contributed by atoms with van der Waals surface area (Å²) in [5.74, 6) is -1.21. The topological polar surface area (TPSA) is 26.3 Å². The minimum atomic E-state index is -4.48. The minimum absolute atomic E-state index is 0.0262. The van der Waals surface area contributed by atoms with E-state index in [0.29, 0.717) is 0 Å². The van der Waals surface area contributed by atoms with Crippen LogP contribution >= 0.6 is 0 Å². The second-order valence-electron chi connectivity index (χ2n) is 3.97. The van der Waals surface area contributed by atoms with Gasteiger partial charge in [0.15, 0.2) is 0 Å². The predicted octanol–water partition coefficient (Wildman–Crippen LogP) is 2.92. The van der Waals surface area contributed by atoms with Gasteiger partial charge < -0.3 is 4.74 Å². The molecule has 0 spiro atoms. The van der Waals surface area contributed by atoms with Crippen LogP contribution in [0.25, 0.3) is 0 Å². The van der Waals surface area contributed by atoms with Crippen LogP contribution in [-0.2, 0) is 9.53 Å². The van der Waals surface area contributed by atoms with Gasteiger partial charge in [-0.2, -0.15) is 13.2 Å². The van der Waals surface area contributed by atoms with Crippen molar-refractivity contribution in [2.24, 2.45) is 5.41 Å². The van der Waals surface area contributed by atoms with E-state index in [4.69, 9.17) is 0 Å². The summed E-state index contributed by atoms with van der Waals surface area (Å²) in [6.45, 7) is 5.57. The van der Waals surface area contributed by atoms with E-state index in [2.05, 4.69) is 4.74 Å². The third-order valence-corrected chi connectivity index (χ3v) is 1.93. The first-order valence-electron chi connectivity index (χ1n) is 4.39. The van der Waals surface area contributed by atoms with Gasteiger partial charge in [0.05, 0.1) is 6.61 Å². The van der Waals surface area contributed by atoms with Gasteiger partial charge in [0.2, 0.25) is 0 Å². The minimum Gasteiger partial charge on any atom is -0.465 e. The molecule has 0 N–H and O–H groups in total. The molecule has 0 rings (SSSR count). The molecule has 0 fully saturated rings. The summed E-state index contributed by atoms with van der Waals surface area (Å²) in [7, 11) is 0. The second kappa shape index (κ2) is 4.66. The van der Waals surface area contributed by atoms with E-state index >= 15 is 0 Å². The van der Waals surface area contributed by atoms with Crippen molar-refractivity contribution in [3.63, 3.8) is 0 Å². The van der Waals surface area contributed by atoms with E-state index in [1.165, 1.54) is 0 Å². The Morgan fingerprint density at radius 3 is 2.14 bits per heavy atom. The monoisotopic (exact) mass is 212 g/mol. The maximum absolute atomic E-state index is 11.7. The molecule has 14 heavy (non-hydrogen) atoms. The van der Waals surface area contributed by atoms with Gasteiger partial charge >= 0.3 is 12.1 Å². The van der Waals surface area contributed by atoms with Crippen molar-refractivity contribution in [3.05, 3.63) is 0 Å². The number of esters is 1. The number of carbonyl (C=O) groups excluding carboxylic acids is 1. The average Bonchev–Trinajstić information content (AvgIpc) is 1.98. The highest BCUT2D eigenvalue weighted by Gasteiger charge is 2.32. The maximum atomic E-state index is 11.7. The molecule has 0 heterocycles. The molecule has 2 nitrogen and oxygen atoms in total. The zero-order valence-corrected chi connectivity index (χ0v) is 8.57. The van der Waals surface area contributed by atoms with Crippen LogP contribution in [0, 0.1) is 5.41 Å². The van der Waals surface area contributed by atoms with Crippen LogP contribution in [-0.4, -0.2) is 18.8 Å². The zero-order chi connectivity index (χ0) is 11.4. The molecule has 0 atom stereocenters. The fraction of sp³-hybridized carbons (Fsp3) is 0.889. The lowest BCUT2D eigenvalue weighted by atomic mass is 9.92. The Labute approximate surface area is 81.4 Å². The molecule has 0 aromatic carbocycles. The van der Waals surface area contributed by atoms with Gasteiger partial charge in [0, 0.05) is 0 Å². The molecule has 0 aliphatic carbocycles. The molecular weight excluding hydrogens is 197 g/mol. The van der Waals surface area contributed by atoms with Crippen molar-refractivity contribution in [2.45, 2.75) is 39.8 Å². The predicted molar refractivity (Wildman–Crippen MR) is 45.7 cm³/mol. The van der Waals surface area contributed by atoms with Crippen molar-refractivity contribution < 1.29 is 22.7 Å².